The predicted octanol–water partition coefficient (Wildman–Crippen LogP) is 5.80. The number of halogens is 3. The number of esters is 1. The Morgan fingerprint density at radius 1 is 1.00 bits per heavy atom. The number of amides is 1. The van der Waals surface area contributed by atoms with E-state index in [1.165, 1.54) is 12.1 Å². The fourth-order valence-electron chi connectivity index (χ4n) is 5.12. The van der Waals surface area contributed by atoms with E-state index in [4.69, 9.17) is 14.6 Å². The van der Waals surface area contributed by atoms with Crippen LogP contribution < -0.4 is 10.1 Å². The molecular formula is C35H51F3N2O11. The van der Waals surface area contributed by atoms with Crippen LogP contribution in [-0.2, 0) is 30.1 Å². The standard InChI is InChI=1S/C26H35F3O5.C9H16N2O6/c1-18(2)34-25(32)14-6-4-3-5-12-21-22(24(31)17-23(21)30)13-7-8-15-33-20-11-9-10-19(16-20)26(27,28)29;12-8(10-6-5-9(13)14)4-2-1-3-7-17-11(15)16/h3,5,7,9-11,13,16,18,21-24,30-31H,4,6,8,12,14-15,17H2,1-2H3;1-7H2,(H,10,12)(H,13,14)/b5-3-,13-7+;/t21-,22?,23?,24?;/m1./s1. The quantitative estimate of drug-likeness (QED) is 0.0370. The Morgan fingerprint density at radius 3 is 2.41 bits per heavy atom. The van der Waals surface area contributed by atoms with Crippen molar-refractivity contribution >= 4 is 17.8 Å². The molecule has 4 N–H and O–H groups in total. The van der Waals surface area contributed by atoms with Crippen molar-refractivity contribution in [3.05, 3.63) is 64.2 Å². The normalized spacial score (nSPS) is 18.7. The van der Waals surface area contributed by atoms with Gasteiger partial charge in [0.05, 0.1) is 43.5 Å². The summed E-state index contributed by atoms with van der Waals surface area (Å²) in [6.45, 7) is 3.99. The first kappa shape index (κ1) is 44.8. The second kappa shape index (κ2) is 24.9. The van der Waals surface area contributed by atoms with Gasteiger partial charge in [0.2, 0.25) is 5.91 Å². The zero-order valence-electron chi connectivity index (χ0n) is 29.1. The van der Waals surface area contributed by atoms with Crippen molar-refractivity contribution in [2.24, 2.45) is 11.8 Å². The van der Waals surface area contributed by atoms with E-state index in [-0.39, 0.29) is 68.2 Å². The summed E-state index contributed by atoms with van der Waals surface area (Å²) < 4.78 is 48.8. The third kappa shape index (κ3) is 21.6. The Hall–Kier alpha value is -4.18. The SMILES string of the molecule is CC(C)OC(=O)CCC/C=C\C[C@H]1C(O)CC(O)C1/C=C/CCOc1cccc(C(F)(F)F)c1.O=C(O)CCNC(=O)CCCCCO[N+](=O)[O-]. The molecule has 0 saturated heterocycles. The zero-order valence-corrected chi connectivity index (χ0v) is 29.1. The van der Waals surface area contributed by atoms with Crippen molar-refractivity contribution < 1.29 is 62.3 Å². The molecule has 0 bridgehead atoms. The first-order chi connectivity index (χ1) is 24.1. The number of hydrogen-bond acceptors (Lipinski definition) is 10. The van der Waals surface area contributed by atoms with E-state index in [0.717, 1.165) is 18.6 Å². The van der Waals surface area contributed by atoms with Gasteiger partial charge in [0, 0.05) is 31.7 Å². The van der Waals surface area contributed by atoms with Crippen molar-refractivity contribution in [1.29, 1.82) is 0 Å². The van der Waals surface area contributed by atoms with Gasteiger partial charge in [0.1, 0.15) is 5.75 Å². The topological polar surface area (TPSA) is 195 Å². The van der Waals surface area contributed by atoms with Gasteiger partial charge in [-0.05, 0) is 76.5 Å². The number of benzene rings is 1. The second-order valence-electron chi connectivity index (χ2n) is 12.2. The molecule has 1 aromatic rings. The average molecular weight is 733 g/mol. The number of carboxylic acids is 1. The molecule has 1 fully saturated rings. The van der Waals surface area contributed by atoms with Gasteiger partial charge in [0.15, 0.2) is 0 Å². The number of carbonyl (C=O) groups is 3. The number of alkyl halides is 3. The molecule has 3 unspecified atom stereocenters. The maximum Gasteiger partial charge on any atom is 0.416 e. The van der Waals surface area contributed by atoms with Crippen LogP contribution in [0.1, 0.15) is 90.0 Å². The summed E-state index contributed by atoms with van der Waals surface area (Å²) >= 11 is 0. The maximum absolute atomic E-state index is 12.8. The van der Waals surface area contributed by atoms with Crippen molar-refractivity contribution in [3.8, 4) is 5.75 Å². The van der Waals surface area contributed by atoms with Crippen LogP contribution in [0.25, 0.3) is 0 Å². The van der Waals surface area contributed by atoms with Crippen molar-refractivity contribution in [2.75, 3.05) is 19.8 Å². The summed E-state index contributed by atoms with van der Waals surface area (Å²) in [7, 11) is 0. The van der Waals surface area contributed by atoms with E-state index >= 15 is 0 Å². The number of carboxylic acid groups (broad SMARTS) is 1. The second-order valence-corrected chi connectivity index (χ2v) is 12.2. The number of hydrogen-bond donors (Lipinski definition) is 4. The Balaban J connectivity index is 0.000000645. The van der Waals surface area contributed by atoms with E-state index in [2.05, 4.69) is 10.2 Å². The summed E-state index contributed by atoms with van der Waals surface area (Å²) in [6, 6.07) is 4.75. The Bertz CT molecular complexity index is 1260. The van der Waals surface area contributed by atoms with Gasteiger partial charge in [-0.25, -0.2) is 0 Å². The highest BCUT2D eigenvalue weighted by Crippen LogP contribution is 2.36. The number of nitrogens with one attached hydrogen (secondary N) is 1. The summed E-state index contributed by atoms with van der Waals surface area (Å²) in [5.41, 5.74) is -0.755. The van der Waals surface area contributed by atoms with Crippen LogP contribution in [0.2, 0.25) is 0 Å². The van der Waals surface area contributed by atoms with Crippen LogP contribution in [0.5, 0.6) is 5.75 Å². The van der Waals surface area contributed by atoms with E-state index in [1.54, 1.807) is 0 Å². The maximum atomic E-state index is 12.8. The van der Waals surface area contributed by atoms with Gasteiger partial charge in [-0.3, -0.25) is 14.4 Å². The highest BCUT2D eigenvalue weighted by Gasteiger charge is 2.39. The lowest BCUT2D eigenvalue weighted by Crippen LogP contribution is -2.25. The summed E-state index contributed by atoms with van der Waals surface area (Å²) in [5, 5.41) is 40.4. The molecular weight excluding hydrogens is 681 g/mol. The lowest BCUT2D eigenvalue weighted by Gasteiger charge is -2.19. The van der Waals surface area contributed by atoms with E-state index in [1.807, 2.05) is 38.2 Å². The fourth-order valence-corrected chi connectivity index (χ4v) is 5.12. The highest BCUT2D eigenvalue weighted by molar-refractivity contribution is 5.76. The monoisotopic (exact) mass is 732 g/mol. The first-order valence-electron chi connectivity index (χ1n) is 17.0. The summed E-state index contributed by atoms with van der Waals surface area (Å²) in [4.78, 5) is 46.7. The van der Waals surface area contributed by atoms with Crippen molar-refractivity contribution in [1.82, 2.24) is 5.32 Å². The minimum Gasteiger partial charge on any atom is -0.493 e. The first-order valence-corrected chi connectivity index (χ1v) is 17.0. The van der Waals surface area contributed by atoms with Gasteiger partial charge in [-0.15, -0.1) is 10.1 Å². The third-order valence-electron chi connectivity index (χ3n) is 7.59. The minimum atomic E-state index is -4.41. The average Bonchev–Trinajstić information content (AvgIpc) is 3.30. The molecule has 0 heterocycles. The smallest absolute Gasteiger partial charge is 0.416 e. The number of ether oxygens (including phenoxy) is 2. The largest absolute Gasteiger partial charge is 0.493 e. The zero-order chi connectivity index (χ0) is 38.2. The summed E-state index contributed by atoms with van der Waals surface area (Å²) in [6.07, 6.45) is 6.94. The molecule has 0 spiro atoms. The van der Waals surface area contributed by atoms with Crippen molar-refractivity contribution in [2.45, 2.75) is 109 Å². The lowest BCUT2D eigenvalue weighted by atomic mass is 9.90. The Morgan fingerprint density at radius 2 is 1.75 bits per heavy atom. The number of unbranched alkanes of at least 4 members (excludes halogenated alkanes) is 3. The molecule has 1 amide bonds. The molecule has 288 valence electrons. The van der Waals surface area contributed by atoms with Crippen LogP contribution in [0.3, 0.4) is 0 Å². The van der Waals surface area contributed by atoms with Gasteiger partial charge in [0.25, 0.3) is 5.09 Å². The molecule has 51 heavy (non-hydrogen) atoms. The molecule has 1 saturated carbocycles. The molecule has 0 aromatic heterocycles. The molecule has 4 atom stereocenters. The van der Waals surface area contributed by atoms with Crippen LogP contribution in [0.15, 0.2) is 48.6 Å². The van der Waals surface area contributed by atoms with E-state index in [0.29, 0.717) is 51.4 Å². The van der Waals surface area contributed by atoms with Gasteiger partial charge in [-0.2, -0.15) is 13.2 Å². The van der Waals surface area contributed by atoms with E-state index < -0.39 is 35.0 Å². The number of rotatable bonds is 22. The van der Waals surface area contributed by atoms with Crippen LogP contribution in [-0.4, -0.2) is 76.3 Å². The molecule has 2 rings (SSSR count). The van der Waals surface area contributed by atoms with Gasteiger partial charge >= 0.3 is 18.1 Å². The molecule has 0 aliphatic heterocycles. The lowest BCUT2D eigenvalue weighted by molar-refractivity contribution is -0.757. The van der Waals surface area contributed by atoms with Crippen LogP contribution in [0.4, 0.5) is 13.2 Å². The van der Waals surface area contributed by atoms with Crippen molar-refractivity contribution in [3.63, 3.8) is 0 Å². The number of aliphatic hydroxyl groups excluding tert-OH is 2. The third-order valence-corrected chi connectivity index (χ3v) is 7.59. The number of allylic oxidation sites excluding steroid dienone is 2. The molecule has 16 heteroatoms. The highest BCUT2D eigenvalue weighted by atomic mass is 19.4. The summed E-state index contributed by atoms with van der Waals surface area (Å²) in [5.74, 6) is -1.56. The van der Waals surface area contributed by atoms with Gasteiger partial charge in [-0.1, -0.05) is 36.8 Å². The number of nitrogens with zero attached hydrogens (tertiary/aromatic N) is 1. The predicted molar refractivity (Wildman–Crippen MR) is 180 cm³/mol. The number of aliphatic hydroxyl groups is 2. The molecule has 0 radical (unpaired) electrons. The van der Waals surface area contributed by atoms with Crippen LogP contribution >= 0.6 is 0 Å². The van der Waals surface area contributed by atoms with Gasteiger partial charge < -0.3 is 34.9 Å². The Labute approximate surface area is 295 Å². The molecule has 13 nitrogen and oxygen atoms in total. The molecule has 1 aliphatic carbocycles. The molecule has 1 aliphatic rings. The van der Waals surface area contributed by atoms with Crippen LogP contribution in [0, 0.1) is 22.0 Å². The fraction of sp³-hybridized carbons (Fsp3) is 0.629. The van der Waals surface area contributed by atoms with E-state index in [9.17, 15) is 47.9 Å². The number of aliphatic carboxylic acids is 1. The number of carbonyl (C=O) groups excluding carboxylic acids is 2. The minimum absolute atomic E-state index is 0.0354. The Kier molecular flexibility index (Phi) is 21.9. The molecule has 1 aromatic carbocycles.